The summed E-state index contributed by atoms with van der Waals surface area (Å²) in [6, 6.07) is 17.3. The van der Waals surface area contributed by atoms with Crippen molar-refractivity contribution in [1.82, 2.24) is 5.32 Å². The van der Waals surface area contributed by atoms with Gasteiger partial charge in [-0.15, -0.1) is 0 Å². The summed E-state index contributed by atoms with van der Waals surface area (Å²) in [6.07, 6.45) is 3.57. The number of phenolic OH excluding ortho intramolecular Hbond substituents is 1. The first-order valence-corrected chi connectivity index (χ1v) is 14.0. The van der Waals surface area contributed by atoms with Crippen molar-refractivity contribution in [3.05, 3.63) is 82.7 Å². The summed E-state index contributed by atoms with van der Waals surface area (Å²) in [4.78, 5) is 0. The van der Waals surface area contributed by atoms with Crippen LogP contribution in [0, 0.1) is 11.2 Å². The van der Waals surface area contributed by atoms with Crippen LogP contribution in [0.25, 0.3) is 0 Å². The van der Waals surface area contributed by atoms with Gasteiger partial charge in [0.25, 0.3) is 0 Å². The average Bonchev–Trinajstić information content (AvgIpc) is 2.88. The molecule has 5 nitrogen and oxygen atoms in total. The van der Waals surface area contributed by atoms with Crippen LogP contribution in [0.15, 0.2) is 54.6 Å². The maximum atomic E-state index is 14.8. The molecular formula is C33H43FN2O3. The van der Waals surface area contributed by atoms with Crippen LogP contribution in [0.1, 0.15) is 62.3 Å². The number of ether oxygens (including phenoxy) is 2. The summed E-state index contributed by atoms with van der Waals surface area (Å²) in [6.45, 7) is 10.6. The number of nitrogens with one attached hydrogen (secondary N) is 2. The van der Waals surface area contributed by atoms with Crippen molar-refractivity contribution in [2.45, 2.75) is 65.3 Å². The molecule has 210 valence electrons. The Bertz CT molecular complexity index is 1250. The fourth-order valence-corrected chi connectivity index (χ4v) is 5.31. The van der Waals surface area contributed by atoms with Crippen LogP contribution >= 0.6 is 0 Å². The Hall–Kier alpha value is -3.25. The fraction of sp³-hybridized carbons (Fsp3) is 0.455. The van der Waals surface area contributed by atoms with Gasteiger partial charge in [0.05, 0.1) is 7.11 Å². The predicted molar refractivity (Wildman–Crippen MR) is 157 cm³/mol. The van der Waals surface area contributed by atoms with Crippen LogP contribution in [-0.4, -0.2) is 38.0 Å². The Morgan fingerprint density at radius 1 is 1.05 bits per heavy atom. The third-order valence-corrected chi connectivity index (χ3v) is 7.25. The molecule has 0 bridgehead atoms. The van der Waals surface area contributed by atoms with Crippen LogP contribution in [-0.2, 0) is 19.3 Å². The largest absolute Gasteiger partial charge is 0.508 e. The second kappa shape index (κ2) is 12.7. The van der Waals surface area contributed by atoms with Gasteiger partial charge in [-0.3, -0.25) is 0 Å². The number of hydrogen-bond donors (Lipinski definition) is 3. The molecule has 0 aliphatic heterocycles. The van der Waals surface area contributed by atoms with E-state index < -0.39 is 0 Å². The number of aryl methyl sites for hydroxylation is 1. The Balaban J connectivity index is 1.38. The van der Waals surface area contributed by atoms with E-state index in [4.69, 9.17) is 9.47 Å². The van der Waals surface area contributed by atoms with Crippen LogP contribution in [0.4, 0.5) is 10.1 Å². The summed E-state index contributed by atoms with van der Waals surface area (Å²) in [5.41, 5.74) is 5.96. The van der Waals surface area contributed by atoms with Crippen molar-refractivity contribution in [3.8, 4) is 17.2 Å². The topological polar surface area (TPSA) is 62.8 Å². The summed E-state index contributed by atoms with van der Waals surface area (Å²) in [5.74, 6) is 1.47. The van der Waals surface area contributed by atoms with Gasteiger partial charge in [0.15, 0.2) is 11.6 Å². The summed E-state index contributed by atoms with van der Waals surface area (Å²) in [5, 5.41) is 16.9. The van der Waals surface area contributed by atoms with Gasteiger partial charge in [-0.05, 0) is 96.5 Å². The lowest BCUT2D eigenvalue weighted by Crippen LogP contribution is -2.30. The number of hydrogen-bond acceptors (Lipinski definition) is 5. The quantitative estimate of drug-likeness (QED) is 0.234. The van der Waals surface area contributed by atoms with E-state index in [-0.39, 0.29) is 23.0 Å². The van der Waals surface area contributed by atoms with E-state index >= 15 is 0 Å². The van der Waals surface area contributed by atoms with Crippen LogP contribution in [0.3, 0.4) is 0 Å². The Morgan fingerprint density at radius 2 is 1.87 bits per heavy atom. The molecule has 0 saturated heterocycles. The zero-order valence-electron chi connectivity index (χ0n) is 23.9. The number of benzene rings is 3. The maximum absolute atomic E-state index is 14.8. The monoisotopic (exact) mass is 534 g/mol. The highest BCUT2D eigenvalue weighted by Gasteiger charge is 2.23. The standard InChI is InChI=1S/C33H43FN2O3/c1-22(16-23-6-13-32(30(34)17-23)39-15-14-35-21-33(2,3)4)36-31-20-28(38-5)11-12-29(31)26-8-7-25-19-27(37)10-9-24(25)18-26/h6,9-13,17,19-20,22,26,35-37H,7-8,14-16,18,21H2,1-5H3. The molecule has 39 heavy (non-hydrogen) atoms. The molecule has 0 heterocycles. The zero-order valence-corrected chi connectivity index (χ0v) is 23.9. The second-order valence-corrected chi connectivity index (χ2v) is 11.9. The highest BCUT2D eigenvalue weighted by atomic mass is 19.1. The van der Waals surface area contributed by atoms with Gasteiger partial charge < -0.3 is 25.2 Å². The molecule has 0 amide bonds. The van der Waals surface area contributed by atoms with Gasteiger partial charge in [-0.25, -0.2) is 4.39 Å². The molecule has 0 fully saturated rings. The van der Waals surface area contributed by atoms with Crippen LogP contribution < -0.4 is 20.1 Å². The average molecular weight is 535 g/mol. The first kappa shape index (κ1) is 28.8. The molecular weight excluding hydrogens is 491 g/mol. The lowest BCUT2D eigenvalue weighted by molar-refractivity contribution is 0.285. The van der Waals surface area contributed by atoms with E-state index in [1.807, 2.05) is 24.3 Å². The minimum Gasteiger partial charge on any atom is -0.508 e. The van der Waals surface area contributed by atoms with Gasteiger partial charge in [-0.1, -0.05) is 39.0 Å². The summed E-state index contributed by atoms with van der Waals surface area (Å²) < 4.78 is 26.0. The number of anilines is 1. The molecule has 0 radical (unpaired) electrons. The molecule has 2 unspecified atom stereocenters. The third kappa shape index (κ3) is 8.12. The summed E-state index contributed by atoms with van der Waals surface area (Å²) >= 11 is 0. The molecule has 1 aliphatic carbocycles. The Labute approximate surface area is 232 Å². The van der Waals surface area contributed by atoms with E-state index in [1.165, 1.54) is 16.7 Å². The van der Waals surface area contributed by atoms with Crippen molar-refractivity contribution in [2.75, 3.05) is 32.1 Å². The lowest BCUT2D eigenvalue weighted by Gasteiger charge is -2.28. The summed E-state index contributed by atoms with van der Waals surface area (Å²) in [7, 11) is 1.68. The third-order valence-electron chi connectivity index (χ3n) is 7.25. The molecule has 0 spiro atoms. The van der Waals surface area contributed by atoms with Crippen molar-refractivity contribution in [3.63, 3.8) is 0 Å². The van der Waals surface area contributed by atoms with Crippen molar-refractivity contribution in [2.24, 2.45) is 5.41 Å². The molecule has 0 saturated carbocycles. The van der Waals surface area contributed by atoms with E-state index in [2.05, 4.69) is 50.5 Å². The lowest BCUT2D eigenvalue weighted by atomic mass is 9.79. The first-order valence-electron chi connectivity index (χ1n) is 14.0. The minimum atomic E-state index is -0.329. The fourth-order valence-electron chi connectivity index (χ4n) is 5.31. The zero-order chi connectivity index (χ0) is 28.0. The van der Waals surface area contributed by atoms with E-state index in [9.17, 15) is 9.50 Å². The van der Waals surface area contributed by atoms with Crippen molar-refractivity contribution >= 4 is 5.69 Å². The smallest absolute Gasteiger partial charge is 0.165 e. The highest BCUT2D eigenvalue weighted by molar-refractivity contribution is 5.58. The molecule has 1 aliphatic rings. The van der Waals surface area contributed by atoms with E-state index in [0.717, 1.165) is 42.8 Å². The molecule has 6 heteroatoms. The number of methoxy groups -OCH3 is 1. The number of aromatic hydroxyl groups is 1. The Morgan fingerprint density at radius 3 is 2.62 bits per heavy atom. The van der Waals surface area contributed by atoms with Gasteiger partial charge in [0, 0.05) is 30.9 Å². The predicted octanol–water partition coefficient (Wildman–Crippen LogP) is 6.87. The van der Waals surface area contributed by atoms with Crippen molar-refractivity contribution < 1.29 is 19.0 Å². The maximum Gasteiger partial charge on any atom is 0.165 e. The molecule has 3 aromatic rings. The number of phenols is 1. The molecule has 2 atom stereocenters. The molecule has 0 aromatic heterocycles. The van der Waals surface area contributed by atoms with Gasteiger partial charge in [0.2, 0.25) is 0 Å². The SMILES string of the molecule is COc1ccc(C2CCc3cc(O)ccc3C2)c(NC(C)Cc2ccc(OCCNCC(C)(C)C)c(F)c2)c1. The Kier molecular flexibility index (Phi) is 9.39. The van der Waals surface area contributed by atoms with Gasteiger partial charge in [-0.2, -0.15) is 0 Å². The second-order valence-electron chi connectivity index (χ2n) is 11.9. The number of halogens is 1. The minimum absolute atomic E-state index is 0.0800. The first-order chi connectivity index (χ1) is 18.6. The molecule has 4 rings (SSSR count). The molecule has 3 aromatic carbocycles. The normalized spacial score (nSPS) is 15.9. The van der Waals surface area contributed by atoms with Crippen LogP contribution in [0.2, 0.25) is 0 Å². The number of fused-ring (bicyclic) bond motifs is 1. The van der Waals surface area contributed by atoms with Gasteiger partial charge in [0.1, 0.15) is 18.1 Å². The van der Waals surface area contributed by atoms with E-state index in [1.54, 1.807) is 25.3 Å². The highest BCUT2D eigenvalue weighted by Crippen LogP contribution is 2.38. The molecule has 3 N–H and O–H groups in total. The van der Waals surface area contributed by atoms with Gasteiger partial charge >= 0.3 is 0 Å². The van der Waals surface area contributed by atoms with E-state index in [0.29, 0.717) is 31.2 Å². The van der Waals surface area contributed by atoms with Crippen molar-refractivity contribution in [1.29, 1.82) is 0 Å². The van der Waals surface area contributed by atoms with Crippen LogP contribution in [0.5, 0.6) is 17.2 Å². The number of rotatable bonds is 11.